The first-order valence-electron chi connectivity index (χ1n) is 8.22. The summed E-state index contributed by atoms with van der Waals surface area (Å²) in [5, 5.41) is 16.0. The number of piperidine rings is 1. The van der Waals surface area contributed by atoms with Crippen molar-refractivity contribution in [2.24, 2.45) is 5.92 Å². The van der Waals surface area contributed by atoms with E-state index >= 15 is 0 Å². The van der Waals surface area contributed by atoms with Gasteiger partial charge >= 0.3 is 0 Å². The number of amides is 1. The van der Waals surface area contributed by atoms with Crippen molar-refractivity contribution in [2.45, 2.75) is 56.5 Å². The van der Waals surface area contributed by atoms with Crippen LogP contribution in [0, 0.1) is 5.92 Å². The number of carbonyl (C=O) groups is 1. The molecule has 1 aromatic carbocycles. The molecule has 0 aliphatic carbocycles. The van der Waals surface area contributed by atoms with Gasteiger partial charge in [0.25, 0.3) is 10.1 Å². The Kier molecular flexibility index (Phi) is 5.40. The number of ether oxygens (including phenoxy) is 1. The van der Waals surface area contributed by atoms with Crippen LogP contribution >= 0.6 is 0 Å². The summed E-state index contributed by atoms with van der Waals surface area (Å²) in [6.45, 7) is 7.10. The van der Waals surface area contributed by atoms with E-state index in [0.717, 1.165) is 11.1 Å². The highest BCUT2D eigenvalue weighted by Gasteiger charge is 2.48. The maximum Gasteiger partial charge on any atom is 0.296 e. The van der Waals surface area contributed by atoms with Crippen molar-refractivity contribution in [2.75, 3.05) is 12.4 Å². The van der Waals surface area contributed by atoms with Crippen LogP contribution in [-0.4, -0.2) is 42.1 Å². The molecule has 0 spiro atoms. The zero-order valence-electron chi connectivity index (χ0n) is 15.6. The van der Waals surface area contributed by atoms with Gasteiger partial charge in [-0.2, -0.15) is 8.42 Å². The second-order valence-corrected chi connectivity index (χ2v) is 9.24. The van der Waals surface area contributed by atoms with Gasteiger partial charge < -0.3 is 10.1 Å². The summed E-state index contributed by atoms with van der Waals surface area (Å²) in [4.78, 5) is 12.3. The molecule has 1 aliphatic rings. The molecular formula is C17H25N2O6S. The van der Waals surface area contributed by atoms with E-state index < -0.39 is 37.9 Å². The number of hydrogen-bond donors (Lipinski definition) is 2. The molecule has 145 valence electrons. The van der Waals surface area contributed by atoms with Crippen LogP contribution in [0.1, 0.15) is 40.5 Å². The minimum atomic E-state index is -4.55. The van der Waals surface area contributed by atoms with Crippen LogP contribution in [0.5, 0.6) is 5.75 Å². The number of anilines is 1. The summed E-state index contributed by atoms with van der Waals surface area (Å²) in [6, 6.07) is 3.98. The summed E-state index contributed by atoms with van der Waals surface area (Å²) in [7, 11) is -3.19. The Morgan fingerprint density at radius 3 is 2.23 bits per heavy atom. The van der Waals surface area contributed by atoms with Crippen molar-refractivity contribution < 1.29 is 27.7 Å². The number of benzene rings is 1. The molecule has 1 aromatic rings. The highest BCUT2D eigenvalue weighted by molar-refractivity contribution is 7.86. The molecule has 2 rings (SSSR count). The van der Waals surface area contributed by atoms with Crippen LogP contribution in [0.15, 0.2) is 23.1 Å². The SMILES string of the molecule is COc1ccc(NC(=O)C2CC(C)(C)N([O])C(C)(C)C2)c(S(=O)(=O)O)c1. The number of nitrogens with one attached hydrogen (secondary N) is 1. The molecule has 1 saturated heterocycles. The molecule has 0 aromatic heterocycles. The van der Waals surface area contributed by atoms with Gasteiger partial charge in [0.05, 0.1) is 12.8 Å². The van der Waals surface area contributed by atoms with E-state index in [1.807, 2.05) is 0 Å². The molecule has 1 radical (unpaired) electrons. The van der Waals surface area contributed by atoms with Crippen LogP contribution in [0.3, 0.4) is 0 Å². The third kappa shape index (κ3) is 4.17. The van der Waals surface area contributed by atoms with E-state index in [0.29, 0.717) is 12.8 Å². The number of hydrogen-bond acceptors (Lipinski definition) is 5. The largest absolute Gasteiger partial charge is 0.497 e. The average molecular weight is 385 g/mol. The Morgan fingerprint density at radius 2 is 1.77 bits per heavy atom. The van der Waals surface area contributed by atoms with Gasteiger partial charge in [0, 0.05) is 23.1 Å². The van der Waals surface area contributed by atoms with Gasteiger partial charge in [-0.15, -0.1) is 10.3 Å². The second kappa shape index (κ2) is 6.80. The molecule has 1 heterocycles. The van der Waals surface area contributed by atoms with Gasteiger partial charge in [0.15, 0.2) is 0 Å². The zero-order chi connectivity index (χ0) is 19.9. The normalized spacial score (nSPS) is 20.6. The minimum absolute atomic E-state index is 0.0292. The molecule has 9 heteroatoms. The number of rotatable bonds is 4. The summed E-state index contributed by atoms with van der Waals surface area (Å²) in [5.41, 5.74) is -1.48. The zero-order valence-corrected chi connectivity index (χ0v) is 16.4. The highest BCUT2D eigenvalue weighted by Crippen LogP contribution is 2.41. The maximum atomic E-state index is 12.7. The van der Waals surface area contributed by atoms with E-state index in [-0.39, 0.29) is 11.4 Å². The first-order valence-corrected chi connectivity index (χ1v) is 9.66. The topological polar surface area (TPSA) is 116 Å². The fourth-order valence-corrected chi connectivity index (χ4v) is 4.29. The van der Waals surface area contributed by atoms with E-state index in [2.05, 4.69) is 5.32 Å². The van der Waals surface area contributed by atoms with Gasteiger partial charge in [0.1, 0.15) is 10.6 Å². The number of nitrogens with zero attached hydrogens (tertiary/aromatic N) is 1. The average Bonchev–Trinajstić information content (AvgIpc) is 2.51. The summed E-state index contributed by atoms with van der Waals surface area (Å²) in [5.74, 6) is -0.631. The molecule has 0 unspecified atom stereocenters. The Morgan fingerprint density at radius 1 is 1.23 bits per heavy atom. The Hall–Kier alpha value is -1.68. The Balaban J connectivity index is 2.31. The maximum absolute atomic E-state index is 12.7. The lowest BCUT2D eigenvalue weighted by atomic mass is 9.75. The highest BCUT2D eigenvalue weighted by atomic mass is 32.2. The van der Waals surface area contributed by atoms with E-state index in [1.54, 1.807) is 27.7 Å². The van der Waals surface area contributed by atoms with Gasteiger partial charge in [-0.3, -0.25) is 9.35 Å². The smallest absolute Gasteiger partial charge is 0.296 e. The third-order valence-electron chi connectivity index (χ3n) is 4.69. The van der Waals surface area contributed by atoms with Gasteiger partial charge in [-0.25, -0.2) is 0 Å². The minimum Gasteiger partial charge on any atom is -0.497 e. The lowest BCUT2D eigenvalue weighted by molar-refractivity contribution is -0.292. The molecule has 26 heavy (non-hydrogen) atoms. The van der Waals surface area contributed by atoms with Crippen molar-refractivity contribution >= 4 is 21.7 Å². The standard InChI is InChI=1S/C17H25N2O6S/c1-16(2)9-11(10-17(3,4)19(16)21)15(20)18-13-7-6-12(25-5)8-14(13)26(22,23)24/h6-8,11H,9-10H2,1-5H3,(H,18,20)(H,22,23,24). The predicted octanol–water partition coefficient (Wildman–Crippen LogP) is 2.50. The van der Waals surface area contributed by atoms with Crippen LogP contribution in [0.25, 0.3) is 0 Å². The summed E-state index contributed by atoms with van der Waals surface area (Å²) in [6.07, 6.45) is 0.673. The molecule has 8 nitrogen and oxygen atoms in total. The number of carbonyl (C=O) groups excluding carboxylic acids is 1. The van der Waals surface area contributed by atoms with Crippen LogP contribution in [-0.2, 0) is 20.1 Å². The molecule has 1 aliphatic heterocycles. The van der Waals surface area contributed by atoms with Crippen molar-refractivity contribution in [3.05, 3.63) is 18.2 Å². The molecular weight excluding hydrogens is 360 g/mol. The first-order chi connectivity index (χ1) is 11.8. The Labute approximate surface area is 153 Å². The molecule has 0 saturated carbocycles. The third-order valence-corrected chi connectivity index (χ3v) is 5.58. The van der Waals surface area contributed by atoms with Crippen molar-refractivity contribution in [1.82, 2.24) is 5.06 Å². The van der Waals surface area contributed by atoms with Crippen molar-refractivity contribution in [1.29, 1.82) is 0 Å². The molecule has 1 amide bonds. The first kappa shape index (κ1) is 20.6. The van der Waals surface area contributed by atoms with Crippen LogP contribution in [0.4, 0.5) is 5.69 Å². The lowest BCUT2D eigenvalue weighted by Gasteiger charge is -2.49. The fraction of sp³-hybridized carbons (Fsp3) is 0.588. The van der Waals surface area contributed by atoms with Crippen LogP contribution in [0.2, 0.25) is 0 Å². The van der Waals surface area contributed by atoms with Gasteiger partial charge in [0.2, 0.25) is 5.91 Å². The van der Waals surface area contributed by atoms with E-state index in [9.17, 15) is 23.0 Å². The molecule has 1 fully saturated rings. The molecule has 0 atom stereocenters. The predicted molar refractivity (Wildman–Crippen MR) is 94.8 cm³/mol. The molecule has 2 N–H and O–H groups in total. The number of methoxy groups -OCH3 is 1. The quantitative estimate of drug-likeness (QED) is 0.769. The summed E-state index contributed by atoms with van der Waals surface area (Å²) >= 11 is 0. The van der Waals surface area contributed by atoms with Gasteiger partial charge in [-0.1, -0.05) is 0 Å². The molecule has 0 bridgehead atoms. The van der Waals surface area contributed by atoms with Crippen LogP contribution < -0.4 is 10.1 Å². The van der Waals surface area contributed by atoms with E-state index in [4.69, 9.17) is 4.74 Å². The number of hydroxylamine groups is 2. The summed E-state index contributed by atoms with van der Waals surface area (Å²) < 4.78 is 37.7. The van der Waals surface area contributed by atoms with E-state index in [1.165, 1.54) is 19.2 Å². The van der Waals surface area contributed by atoms with Crippen molar-refractivity contribution in [3.63, 3.8) is 0 Å². The van der Waals surface area contributed by atoms with Crippen molar-refractivity contribution in [3.8, 4) is 5.75 Å². The fourth-order valence-electron chi connectivity index (χ4n) is 3.63. The second-order valence-electron chi connectivity index (χ2n) is 7.85. The monoisotopic (exact) mass is 385 g/mol. The Bertz CT molecular complexity index is 785. The lowest BCUT2D eigenvalue weighted by Crippen LogP contribution is -2.59. The van der Waals surface area contributed by atoms with Gasteiger partial charge in [-0.05, 0) is 52.7 Å².